The first-order valence-electron chi connectivity index (χ1n) is 6.73. The number of nitrogens with one attached hydrogen (secondary N) is 1. The van der Waals surface area contributed by atoms with Crippen molar-refractivity contribution in [2.45, 2.75) is 32.6 Å². The van der Waals surface area contributed by atoms with E-state index in [9.17, 15) is 0 Å². The van der Waals surface area contributed by atoms with Crippen molar-refractivity contribution < 1.29 is 4.74 Å². The van der Waals surface area contributed by atoms with Crippen molar-refractivity contribution in [1.82, 2.24) is 0 Å². The maximum Gasteiger partial charge on any atom is 0.130 e. The van der Waals surface area contributed by atoms with Gasteiger partial charge in [0.1, 0.15) is 11.6 Å². The Kier molecular flexibility index (Phi) is 4.24. The predicted molar refractivity (Wildman–Crippen MR) is 74.1 cm³/mol. The van der Waals surface area contributed by atoms with Crippen LogP contribution < -0.4 is 10.5 Å². The zero-order valence-electron chi connectivity index (χ0n) is 11.0. The lowest BCUT2D eigenvalue weighted by atomic mass is 9.83. The molecular formula is C15H22N2O. The van der Waals surface area contributed by atoms with Crippen LogP contribution in [0.3, 0.4) is 0 Å². The highest BCUT2D eigenvalue weighted by Crippen LogP contribution is 2.29. The Labute approximate surface area is 109 Å². The van der Waals surface area contributed by atoms with E-state index in [1.165, 1.54) is 25.7 Å². The van der Waals surface area contributed by atoms with E-state index in [2.05, 4.69) is 6.92 Å². The van der Waals surface area contributed by atoms with Gasteiger partial charge in [0.15, 0.2) is 0 Å². The summed E-state index contributed by atoms with van der Waals surface area (Å²) in [6.07, 6.45) is 5.17. The number of nitrogens with two attached hydrogens (primary N) is 1. The molecular weight excluding hydrogens is 224 g/mol. The lowest BCUT2D eigenvalue weighted by molar-refractivity contribution is 0.182. The van der Waals surface area contributed by atoms with Crippen molar-refractivity contribution in [3.05, 3.63) is 29.8 Å². The topological polar surface area (TPSA) is 59.1 Å². The van der Waals surface area contributed by atoms with Gasteiger partial charge in [0.2, 0.25) is 0 Å². The van der Waals surface area contributed by atoms with Crippen molar-refractivity contribution in [2.24, 2.45) is 17.6 Å². The van der Waals surface area contributed by atoms with Crippen LogP contribution in [0.1, 0.15) is 38.2 Å². The fraction of sp³-hybridized carbons (Fsp3) is 0.533. The zero-order chi connectivity index (χ0) is 13.0. The molecule has 0 amide bonds. The molecule has 3 nitrogen and oxygen atoms in total. The van der Waals surface area contributed by atoms with Gasteiger partial charge in [-0.15, -0.1) is 0 Å². The molecule has 0 radical (unpaired) electrons. The Morgan fingerprint density at radius 3 is 2.89 bits per heavy atom. The summed E-state index contributed by atoms with van der Waals surface area (Å²) in [5.74, 6) is 2.27. The number of benzene rings is 1. The van der Waals surface area contributed by atoms with Crippen LogP contribution >= 0.6 is 0 Å². The molecule has 0 aromatic heterocycles. The Hall–Kier alpha value is -1.51. The van der Waals surface area contributed by atoms with Crippen LogP contribution in [-0.4, -0.2) is 12.4 Å². The minimum atomic E-state index is 0.0719. The third-order valence-corrected chi connectivity index (χ3v) is 3.70. The molecule has 2 atom stereocenters. The molecule has 2 unspecified atom stereocenters. The van der Waals surface area contributed by atoms with Crippen molar-refractivity contribution in [1.29, 1.82) is 5.41 Å². The molecule has 1 aliphatic rings. The molecule has 0 aliphatic heterocycles. The summed E-state index contributed by atoms with van der Waals surface area (Å²) in [7, 11) is 0. The van der Waals surface area contributed by atoms with Crippen molar-refractivity contribution in [2.75, 3.05) is 6.61 Å². The Morgan fingerprint density at radius 1 is 1.39 bits per heavy atom. The molecule has 1 saturated carbocycles. The van der Waals surface area contributed by atoms with Crippen LogP contribution in [0.15, 0.2) is 24.3 Å². The van der Waals surface area contributed by atoms with Crippen molar-refractivity contribution >= 4 is 5.84 Å². The number of para-hydroxylation sites is 1. The summed E-state index contributed by atoms with van der Waals surface area (Å²) in [4.78, 5) is 0. The summed E-state index contributed by atoms with van der Waals surface area (Å²) in [6, 6.07) is 7.53. The molecule has 2 rings (SSSR count). The first-order chi connectivity index (χ1) is 8.66. The van der Waals surface area contributed by atoms with Gasteiger partial charge >= 0.3 is 0 Å². The van der Waals surface area contributed by atoms with Crippen molar-refractivity contribution in [3.8, 4) is 5.75 Å². The van der Waals surface area contributed by atoms with Gasteiger partial charge in [0.25, 0.3) is 0 Å². The second-order valence-electron chi connectivity index (χ2n) is 5.36. The Balaban J connectivity index is 1.95. The molecule has 0 heterocycles. The lowest BCUT2D eigenvalue weighted by Gasteiger charge is -2.26. The molecule has 98 valence electrons. The van der Waals surface area contributed by atoms with Gasteiger partial charge in [-0.2, -0.15) is 0 Å². The second-order valence-corrected chi connectivity index (χ2v) is 5.36. The van der Waals surface area contributed by atoms with Crippen LogP contribution in [0.25, 0.3) is 0 Å². The highest BCUT2D eigenvalue weighted by molar-refractivity contribution is 5.97. The molecule has 18 heavy (non-hydrogen) atoms. The molecule has 1 aromatic carbocycles. The van der Waals surface area contributed by atoms with Crippen LogP contribution in [0, 0.1) is 17.2 Å². The molecule has 0 bridgehead atoms. The van der Waals surface area contributed by atoms with Gasteiger partial charge in [0, 0.05) is 0 Å². The summed E-state index contributed by atoms with van der Waals surface area (Å²) >= 11 is 0. The first-order valence-corrected chi connectivity index (χ1v) is 6.73. The molecule has 3 N–H and O–H groups in total. The molecule has 1 aromatic rings. The minimum absolute atomic E-state index is 0.0719. The average molecular weight is 246 g/mol. The first kappa shape index (κ1) is 12.9. The van der Waals surface area contributed by atoms with Gasteiger partial charge in [-0.3, -0.25) is 5.41 Å². The van der Waals surface area contributed by atoms with E-state index in [-0.39, 0.29) is 5.84 Å². The lowest BCUT2D eigenvalue weighted by Crippen LogP contribution is -2.21. The minimum Gasteiger partial charge on any atom is -0.493 e. The molecule has 1 fully saturated rings. The summed E-state index contributed by atoms with van der Waals surface area (Å²) in [5.41, 5.74) is 6.24. The van der Waals surface area contributed by atoms with E-state index in [0.717, 1.165) is 18.3 Å². The van der Waals surface area contributed by atoms with Crippen LogP contribution in [-0.2, 0) is 0 Å². The fourth-order valence-corrected chi connectivity index (χ4v) is 2.73. The quantitative estimate of drug-likeness (QED) is 0.633. The van der Waals surface area contributed by atoms with Crippen LogP contribution in [0.2, 0.25) is 0 Å². The SMILES string of the molecule is CC1CCCC(COc2ccccc2C(=N)N)C1. The number of hydrogen-bond donors (Lipinski definition) is 2. The van der Waals surface area contributed by atoms with Gasteiger partial charge in [-0.05, 0) is 36.8 Å². The fourth-order valence-electron chi connectivity index (χ4n) is 2.73. The summed E-state index contributed by atoms with van der Waals surface area (Å²) in [6.45, 7) is 3.06. The number of nitrogen functional groups attached to an aromatic ring is 1. The number of hydrogen-bond acceptors (Lipinski definition) is 2. The second kappa shape index (κ2) is 5.89. The highest BCUT2D eigenvalue weighted by atomic mass is 16.5. The third-order valence-electron chi connectivity index (χ3n) is 3.70. The number of ether oxygens (including phenoxy) is 1. The zero-order valence-corrected chi connectivity index (χ0v) is 11.0. The summed E-state index contributed by atoms with van der Waals surface area (Å²) < 4.78 is 5.87. The van der Waals surface area contributed by atoms with Gasteiger partial charge in [-0.1, -0.05) is 31.9 Å². The number of rotatable bonds is 4. The smallest absolute Gasteiger partial charge is 0.130 e. The maximum atomic E-state index is 7.53. The number of amidine groups is 1. The average Bonchev–Trinajstić information content (AvgIpc) is 2.37. The van der Waals surface area contributed by atoms with E-state index in [0.29, 0.717) is 11.5 Å². The van der Waals surface area contributed by atoms with Gasteiger partial charge in [0.05, 0.1) is 12.2 Å². The van der Waals surface area contributed by atoms with Crippen LogP contribution in [0.5, 0.6) is 5.75 Å². The third kappa shape index (κ3) is 3.25. The van der Waals surface area contributed by atoms with E-state index < -0.39 is 0 Å². The summed E-state index contributed by atoms with van der Waals surface area (Å²) in [5, 5.41) is 7.53. The Morgan fingerprint density at radius 2 is 2.17 bits per heavy atom. The van der Waals surface area contributed by atoms with Gasteiger partial charge < -0.3 is 10.5 Å². The molecule has 3 heteroatoms. The molecule has 0 spiro atoms. The Bertz CT molecular complexity index is 417. The normalized spacial score (nSPS) is 23.6. The molecule has 1 aliphatic carbocycles. The standard InChI is InChI=1S/C15H22N2O/c1-11-5-4-6-12(9-11)10-18-14-8-3-2-7-13(14)15(16)17/h2-3,7-8,11-12H,4-6,9-10H2,1H3,(H3,16,17). The van der Waals surface area contributed by atoms with E-state index in [1.807, 2.05) is 24.3 Å². The van der Waals surface area contributed by atoms with E-state index in [1.54, 1.807) is 0 Å². The van der Waals surface area contributed by atoms with E-state index >= 15 is 0 Å². The largest absolute Gasteiger partial charge is 0.493 e. The molecule has 0 saturated heterocycles. The van der Waals surface area contributed by atoms with Gasteiger partial charge in [-0.25, -0.2) is 0 Å². The van der Waals surface area contributed by atoms with Crippen molar-refractivity contribution in [3.63, 3.8) is 0 Å². The van der Waals surface area contributed by atoms with Crippen LogP contribution in [0.4, 0.5) is 0 Å². The predicted octanol–water partition coefficient (Wildman–Crippen LogP) is 3.18. The maximum absolute atomic E-state index is 7.53. The van der Waals surface area contributed by atoms with E-state index in [4.69, 9.17) is 15.9 Å². The highest BCUT2D eigenvalue weighted by Gasteiger charge is 2.19. The monoisotopic (exact) mass is 246 g/mol.